The molecule has 0 aromatic heterocycles. The van der Waals surface area contributed by atoms with Crippen molar-refractivity contribution in [3.05, 3.63) is 29.3 Å². The first kappa shape index (κ1) is 17.8. The normalized spacial score (nSPS) is 14.3. The quantitative estimate of drug-likeness (QED) is 0.515. The molecule has 0 unspecified atom stereocenters. The summed E-state index contributed by atoms with van der Waals surface area (Å²) in [5.41, 5.74) is 2.85. The third-order valence-electron chi connectivity index (χ3n) is 4.24. The molecular weight excluding hydrogens is 290 g/mol. The summed E-state index contributed by atoms with van der Waals surface area (Å²) >= 11 is 0. The second-order valence-corrected chi connectivity index (χ2v) is 6.01. The van der Waals surface area contributed by atoms with Crippen LogP contribution in [0.5, 0.6) is 5.75 Å². The van der Waals surface area contributed by atoms with Crippen molar-refractivity contribution in [1.82, 2.24) is 4.90 Å². The van der Waals surface area contributed by atoms with Gasteiger partial charge in [0, 0.05) is 19.5 Å². The fourth-order valence-corrected chi connectivity index (χ4v) is 3.05. The summed E-state index contributed by atoms with van der Waals surface area (Å²) in [6.07, 6.45) is 4.82. The van der Waals surface area contributed by atoms with Crippen molar-refractivity contribution in [2.75, 3.05) is 26.3 Å². The first-order valence-electron chi connectivity index (χ1n) is 8.85. The second-order valence-electron chi connectivity index (χ2n) is 6.01. The zero-order valence-electron chi connectivity index (χ0n) is 14.5. The van der Waals surface area contributed by atoms with Crippen LogP contribution in [0.4, 0.5) is 0 Å². The van der Waals surface area contributed by atoms with Gasteiger partial charge in [-0.2, -0.15) is 0 Å². The highest BCUT2D eigenvalue weighted by atomic mass is 16.5. The van der Waals surface area contributed by atoms with E-state index < -0.39 is 0 Å². The van der Waals surface area contributed by atoms with Crippen molar-refractivity contribution in [3.63, 3.8) is 0 Å². The standard InChI is InChI=1S/C19H29NO3/c1-3-22-18-10-9-16-11-13-20(15-17(16)14-18)12-7-5-6-8-19(21)23-4-2/h9-10,14H,3-8,11-13,15H2,1-2H3. The van der Waals surface area contributed by atoms with Crippen LogP contribution >= 0.6 is 0 Å². The van der Waals surface area contributed by atoms with Crippen LogP contribution in [0.15, 0.2) is 18.2 Å². The molecule has 0 bridgehead atoms. The van der Waals surface area contributed by atoms with Crippen molar-refractivity contribution in [3.8, 4) is 5.75 Å². The molecule has 1 aliphatic rings. The van der Waals surface area contributed by atoms with Crippen LogP contribution in [0.2, 0.25) is 0 Å². The van der Waals surface area contributed by atoms with Gasteiger partial charge in [0.1, 0.15) is 5.75 Å². The topological polar surface area (TPSA) is 38.8 Å². The van der Waals surface area contributed by atoms with Crippen LogP contribution in [-0.4, -0.2) is 37.2 Å². The Morgan fingerprint density at radius 3 is 2.78 bits per heavy atom. The lowest BCUT2D eigenvalue weighted by Gasteiger charge is -2.29. The molecular formula is C19H29NO3. The van der Waals surface area contributed by atoms with Gasteiger partial charge in [0.2, 0.25) is 0 Å². The molecule has 0 fully saturated rings. The molecule has 2 rings (SSSR count). The molecule has 0 spiro atoms. The number of esters is 1. The largest absolute Gasteiger partial charge is 0.494 e. The van der Waals surface area contributed by atoms with Gasteiger partial charge >= 0.3 is 5.97 Å². The lowest BCUT2D eigenvalue weighted by Crippen LogP contribution is -2.31. The highest BCUT2D eigenvalue weighted by molar-refractivity contribution is 5.69. The maximum absolute atomic E-state index is 11.3. The lowest BCUT2D eigenvalue weighted by molar-refractivity contribution is -0.143. The van der Waals surface area contributed by atoms with Gasteiger partial charge in [-0.1, -0.05) is 12.5 Å². The van der Waals surface area contributed by atoms with Gasteiger partial charge < -0.3 is 9.47 Å². The van der Waals surface area contributed by atoms with Gasteiger partial charge in [0.05, 0.1) is 13.2 Å². The number of carbonyl (C=O) groups excluding carboxylic acids is 1. The van der Waals surface area contributed by atoms with E-state index in [0.717, 1.165) is 51.1 Å². The molecule has 0 amide bonds. The minimum absolute atomic E-state index is 0.0668. The summed E-state index contributed by atoms with van der Waals surface area (Å²) in [6, 6.07) is 6.47. The van der Waals surface area contributed by atoms with E-state index in [9.17, 15) is 4.79 Å². The molecule has 128 valence electrons. The van der Waals surface area contributed by atoms with E-state index in [1.54, 1.807) is 0 Å². The number of fused-ring (bicyclic) bond motifs is 1. The number of unbranched alkanes of at least 4 members (excludes halogenated alkanes) is 2. The van der Waals surface area contributed by atoms with E-state index in [0.29, 0.717) is 19.6 Å². The summed E-state index contributed by atoms with van der Waals surface area (Å²) < 4.78 is 10.5. The molecule has 1 heterocycles. The summed E-state index contributed by atoms with van der Waals surface area (Å²) in [6.45, 7) is 8.29. The van der Waals surface area contributed by atoms with Crippen molar-refractivity contribution in [1.29, 1.82) is 0 Å². The van der Waals surface area contributed by atoms with Crippen molar-refractivity contribution >= 4 is 5.97 Å². The Hall–Kier alpha value is -1.55. The zero-order valence-corrected chi connectivity index (χ0v) is 14.5. The lowest BCUT2D eigenvalue weighted by atomic mass is 9.99. The van der Waals surface area contributed by atoms with Gasteiger partial charge in [0.15, 0.2) is 0 Å². The van der Waals surface area contributed by atoms with Crippen LogP contribution in [0.3, 0.4) is 0 Å². The van der Waals surface area contributed by atoms with Crippen LogP contribution in [-0.2, 0) is 22.5 Å². The van der Waals surface area contributed by atoms with Crippen molar-refractivity contribution in [2.45, 2.75) is 52.5 Å². The zero-order chi connectivity index (χ0) is 16.5. The van der Waals surface area contributed by atoms with Crippen LogP contribution in [0.25, 0.3) is 0 Å². The Morgan fingerprint density at radius 2 is 2.00 bits per heavy atom. The second kappa shape index (κ2) is 9.56. The molecule has 0 saturated carbocycles. The van der Waals surface area contributed by atoms with E-state index in [1.165, 1.54) is 11.1 Å². The summed E-state index contributed by atoms with van der Waals surface area (Å²) in [7, 11) is 0. The van der Waals surface area contributed by atoms with E-state index in [2.05, 4.69) is 23.1 Å². The smallest absolute Gasteiger partial charge is 0.305 e. The molecule has 0 saturated heterocycles. The number of hydrogen-bond acceptors (Lipinski definition) is 4. The van der Waals surface area contributed by atoms with Gasteiger partial charge in [-0.25, -0.2) is 0 Å². The fraction of sp³-hybridized carbons (Fsp3) is 0.632. The Bertz CT molecular complexity index is 501. The molecule has 4 nitrogen and oxygen atoms in total. The molecule has 1 aromatic carbocycles. The summed E-state index contributed by atoms with van der Waals surface area (Å²) in [5, 5.41) is 0. The van der Waals surface area contributed by atoms with Crippen molar-refractivity contribution in [2.24, 2.45) is 0 Å². The number of carbonyl (C=O) groups is 1. The van der Waals surface area contributed by atoms with Gasteiger partial charge in [-0.3, -0.25) is 9.69 Å². The Labute approximate surface area is 139 Å². The number of rotatable bonds is 9. The minimum atomic E-state index is -0.0668. The summed E-state index contributed by atoms with van der Waals surface area (Å²) in [5.74, 6) is 0.908. The molecule has 4 heteroatoms. The van der Waals surface area contributed by atoms with E-state index in [-0.39, 0.29) is 5.97 Å². The monoisotopic (exact) mass is 319 g/mol. The SMILES string of the molecule is CCOC(=O)CCCCCN1CCc2ccc(OCC)cc2C1. The van der Waals surface area contributed by atoms with Crippen LogP contribution in [0.1, 0.15) is 50.7 Å². The average Bonchev–Trinajstić information content (AvgIpc) is 2.55. The van der Waals surface area contributed by atoms with Gasteiger partial charge in [-0.05, 0) is 62.9 Å². The highest BCUT2D eigenvalue weighted by Gasteiger charge is 2.16. The molecule has 1 aromatic rings. The van der Waals surface area contributed by atoms with E-state index >= 15 is 0 Å². The van der Waals surface area contributed by atoms with E-state index in [4.69, 9.17) is 9.47 Å². The third-order valence-corrected chi connectivity index (χ3v) is 4.24. The van der Waals surface area contributed by atoms with E-state index in [1.807, 2.05) is 13.8 Å². The molecule has 23 heavy (non-hydrogen) atoms. The molecule has 0 atom stereocenters. The van der Waals surface area contributed by atoms with Gasteiger partial charge in [-0.15, -0.1) is 0 Å². The summed E-state index contributed by atoms with van der Waals surface area (Å²) in [4.78, 5) is 13.8. The predicted molar refractivity (Wildman–Crippen MR) is 91.7 cm³/mol. The van der Waals surface area contributed by atoms with Gasteiger partial charge in [0.25, 0.3) is 0 Å². The first-order chi connectivity index (χ1) is 11.2. The minimum Gasteiger partial charge on any atom is -0.494 e. The van der Waals surface area contributed by atoms with Crippen molar-refractivity contribution < 1.29 is 14.3 Å². The molecule has 0 aliphatic carbocycles. The average molecular weight is 319 g/mol. The fourth-order valence-electron chi connectivity index (χ4n) is 3.05. The van der Waals surface area contributed by atoms with Crippen LogP contribution in [0, 0.1) is 0 Å². The number of nitrogens with zero attached hydrogens (tertiary/aromatic N) is 1. The maximum Gasteiger partial charge on any atom is 0.305 e. The Kier molecular flexibility index (Phi) is 7.40. The Balaban J connectivity index is 1.70. The third kappa shape index (κ3) is 5.87. The van der Waals surface area contributed by atoms with Crippen LogP contribution < -0.4 is 4.74 Å². The number of hydrogen-bond donors (Lipinski definition) is 0. The predicted octanol–water partition coefficient (Wildman–Crippen LogP) is 3.57. The Morgan fingerprint density at radius 1 is 1.13 bits per heavy atom. The number of ether oxygens (including phenoxy) is 2. The first-order valence-corrected chi connectivity index (χ1v) is 8.85. The maximum atomic E-state index is 11.3. The molecule has 1 aliphatic heterocycles. The number of benzene rings is 1. The molecule has 0 N–H and O–H groups in total. The highest BCUT2D eigenvalue weighted by Crippen LogP contribution is 2.24. The molecule has 0 radical (unpaired) electrons.